The SMILES string of the molecule is Cc1cc(NS(=O)(=O)c2ccc(C)o2)no1. The van der Waals surface area contributed by atoms with Crippen molar-refractivity contribution in [3.05, 3.63) is 29.7 Å². The van der Waals surface area contributed by atoms with Crippen LogP contribution in [0.2, 0.25) is 0 Å². The highest BCUT2D eigenvalue weighted by Gasteiger charge is 2.19. The molecule has 2 heterocycles. The number of rotatable bonds is 3. The molecule has 1 N–H and O–H groups in total. The first-order chi connectivity index (χ1) is 7.47. The molecular weight excluding hydrogens is 232 g/mol. The zero-order valence-electron chi connectivity index (χ0n) is 8.72. The summed E-state index contributed by atoms with van der Waals surface area (Å²) in [5.74, 6) is 1.18. The molecule has 0 radical (unpaired) electrons. The van der Waals surface area contributed by atoms with Crippen molar-refractivity contribution in [2.45, 2.75) is 18.9 Å². The molecule has 0 unspecified atom stereocenters. The van der Waals surface area contributed by atoms with Crippen LogP contribution in [0.3, 0.4) is 0 Å². The first-order valence-corrected chi connectivity index (χ1v) is 5.98. The lowest BCUT2D eigenvalue weighted by atomic mass is 10.5. The highest BCUT2D eigenvalue weighted by molar-refractivity contribution is 7.92. The van der Waals surface area contributed by atoms with Crippen molar-refractivity contribution in [1.82, 2.24) is 5.16 Å². The third kappa shape index (κ3) is 2.08. The molecule has 0 atom stereocenters. The van der Waals surface area contributed by atoms with Crippen molar-refractivity contribution in [3.8, 4) is 0 Å². The summed E-state index contributed by atoms with van der Waals surface area (Å²) >= 11 is 0. The fourth-order valence-electron chi connectivity index (χ4n) is 1.16. The van der Waals surface area contributed by atoms with E-state index in [2.05, 4.69) is 9.88 Å². The van der Waals surface area contributed by atoms with Gasteiger partial charge in [-0.2, -0.15) is 8.42 Å². The molecule has 7 heteroatoms. The fraction of sp³-hybridized carbons (Fsp3) is 0.222. The Morgan fingerprint density at radius 3 is 2.50 bits per heavy atom. The predicted octanol–water partition coefficient (Wildman–Crippen LogP) is 1.69. The molecule has 0 aliphatic rings. The number of anilines is 1. The number of hydrogen-bond acceptors (Lipinski definition) is 5. The number of aryl methyl sites for hydroxylation is 2. The maximum atomic E-state index is 11.7. The molecule has 0 bridgehead atoms. The second-order valence-corrected chi connectivity index (χ2v) is 4.91. The smallest absolute Gasteiger partial charge is 0.296 e. The molecular formula is C9H10N2O4S. The summed E-state index contributed by atoms with van der Waals surface area (Å²) < 4.78 is 35.5. The Hall–Kier alpha value is -1.76. The van der Waals surface area contributed by atoms with E-state index < -0.39 is 10.0 Å². The van der Waals surface area contributed by atoms with Crippen LogP contribution in [0, 0.1) is 13.8 Å². The molecule has 86 valence electrons. The maximum absolute atomic E-state index is 11.7. The molecule has 0 aliphatic carbocycles. The summed E-state index contributed by atoms with van der Waals surface area (Å²) in [6.07, 6.45) is 0. The van der Waals surface area contributed by atoms with Crippen LogP contribution in [0.25, 0.3) is 0 Å². The van der Waals surface area contributed by atoms with Crippen LogP contribution in [0.15, 0.2) is 32.2 Å². The molecule has 2 aromatic heterocycles. The Labute approximate surface area is 92.3 Å². The van der Waals surface area contributed by atoms with Crippen LogP contribution < -0.4 is 4.72 Å². The van der Waals surface area contributed by atoms with Gasteiger partial charge in [0.25, 0.3) is 10.0 Å². The van der Waals surface area contributed by atoms with E-state index in [1.54, 1.807) is 19.9 Å². The molecule has 2 aromatic rings. The highest BCUT2D eigenvalue weighted by Crippen LogP contribution is 2.17. The van der Waals surface area contributed by atoms with Crippen molar-refractivity contribution in [2.75, 3.05) is 4.72 Å². The van der Waals surface area contributed by atoms with Gasteiger partial charge in [0.1, 0.15) is 11.5 Å². The zero-order valence-corrected chi connectivity index (χ0v) is 9.54. The standard InChI is InChI=1S/C9H10N2O4S/c1-6-3-4-9(14-6)16(12,13)11-8-5-7(2)15-10-8/h3-5H,1-2H3,(H,10,11). The summed E-state index contributed by atoms with van der Waals surface area (Å²) in [5, 5.41) is 3.38. The van der Waals surface area contributed by atoms with Gasteiger partial charge < -0.3 is 8.94 Å². The number of nitrogens with zero attached hydrogens (tertiary/aromatic N) is 1. The second-order valence-electron chi connectivity index (χ2n) is 3.29. The summed E-state index contributed by atoms with van der Waals surface area (Å²) in [4.78, 5) is 0. The topological polar surface area (TPSA) is 85.3 Å². The van der Waals surface area contributed by atoms with Gasteiger partial charge in [-0.15, -0.1) is 0 Å². The third-order valence-corrected chi connectivity index (χ3v) is 3.07. The normalized spacial score (nSPS) is 11.6. The molecule has 0 saturated carbocycles. The molecule has 2 rings (SSSR count). The van der Waals surface area contributed by atoms with E-state index in [1.165, 1.54) is 12.1 Å². The summed E-state index contributed by atoms with van der Waals surface area (Å²) in [7, 11) is -3.72. The molecule has 6 nitrogen and oxygen atoms in total. The molecule has 0 amide bonds. The average molecular weight is 242 g/mol. The summed E-state index contributed by atoms with van der Waals surface area (Å²) in [6, 6.07) is 4.43. The van der Waals surface area contributed by atoms with Crippen molar-refractivity contribution >= 4 is 15.8 Å². The van der Waals surface area contributed by atoms with E-state index in [1.807, 2.05) is 0 Å². The van der Waals surface area contributed by atoms with Gasteiger partial charge in [-0.25, -0.2) is 0 Å². The Balaban J connectivity index is 2.27. The van der Waals surface area contributed by atoms with Gasteiger partial charge in [0.15, 0.2) is 5.82 Å². The van der Waals surface area contributed by atoms with Gasteiger partial charge in [0, 0.05) is 6.07 Å². The predicted molar refractivity (Wildman–Crippen MR) is 55.5 cm³/mol. The number of nitrogens with one attached hydrogen (secondary N) is 1. The average Bonchev–Trinajstić information content (AvgIpc) is 2.75. The van der Waals surface area contributed by atoms with E-state index >= 15 is 0 Å². The maximum Gasteiger partial charge on any atom is 0.296 e. The van der Waals surface area contributed by atoms with Crippen LogP contribution in [-0.4, -0.2) is 13.6 Å². The minimum atomic E-state index is -3.72. The van der Waals surface area contributed by atoms with Crippen molar-refractivity contribution in [1.29, 1.82) is 0 Å². The Morgan fingerprint density at radius 2 is 2.00 bits per heavy atom. The van der Waals surface area contributed by atoms with E-state index in [-0.39, 0.29) is 10.9 Å². The Morgan fingerprint density at radius 1 is 1.25 bits per heavy atom. The van der Waals surface area contributed by atoms with Crippen molar-refractivity contribution in [2.24, 2.45) is 0 Å². The fourth-order valence-corrected chi connectivity index (χ4v) is 2.12. The van der Waals surface area contributed by atoms with E-state index in [0.717, 1.165) is 0 Å². The monoisotopic (exact) mass is 242 g/mol. The molecule has 0 saturated heterocycles. The first-order valence-electron chi connectivity index (χ1n) is 4.50. The molecule has 0 aromatic carbocycles. The summed E-state index contributed by atoms with van der Waals surface area (Å²) in [6.45, 7) is 3.33. The second kappa shape index (κ2) is 3.67. The van der Waals surface area contributed by atoms with E-state index in [0.29, 0.717) is 11.5 Å². The van der Waals surface area contributed by atoms with Gasteiger partial charge in [0.2, 0.25) is 5.09 Å². The zero-order chi connectivity index (χ0) is 11.8. The number of sulfonamides is 1. The van der Waals surface area contributed by atoms with Crippen molar-refractivity contribution in [3.63, 3.8) is 0 Å². The third-order valence-electron chi connectivity index (χ3n) is 1.85. The Kier molecular flexibility index (Phi) is 2.47. The van der Waals surface area contributed by atoms with Crippen LogP contribution >= 0.6 is 0 Å². The first kappa shape index (κ1) is 10.7. The number of furan rings is 1. The minimum Gasteiger partial charge on any atom is -0.448 e. The van der Waals surface area contributed by atoms with Crippen molar-refractivity contribution < 1.29 is 17.4 Å². The molecule has 16 heavy (non-hydrogen) atoms. The van der Waals surface area contributed by atoms with Crippen LogP contribution in [-0.2, 0) is 10.0 Å². The van der Waals surface area contributed by atoms with Crippen LogP contribution in [0.1, 0.15) is 11.5 Å². The lowest BCUT2D eigenvalue weighted by molar-refractivity contribution is 0.400. The lowest BCUT2D eigenvalue weighted by Gasteiger charge is -2.00. The highest BCUT2D eigenvalue weighted by atomic mass is 32.2. The van der Waals surface area contributed by atoms with Gasteiger partial charge in [0.05, 0.1) is 0 Å². The quantitative estimate of drug-likeness (QED) is 0.885. The van der Waals surface area contributed by atoms with Crippen LogP contribution in [0.4, 0.5) is 5.82 Å². The van der Waals surface area contributed by atoms with E-state index in [9.17, 15) is 8.42 Å². The lowest BCUT2D eigenvalue weighted by Crippen LogP contribution is -2.12. The number of hydrogen-bond donors (Lipinski definition) is 1. The van der Waals surface area contributed by atoms with Gasteiger partial charge >= 0.3 is 0 Å². The van der Waals surface area contributed by atoms with Gasteiger partial charge in [-0.1, -0.05) is 5.16 Å². The summed E-state index contributed by atoms with van der Waals surface area (Å²) in [5.41, 5.74) is 0. The molecule has 0 aliphatic heterocycles. The van der Waals surface area contributed by atoms with Gasteiger partial charge in [-0.05, 0) is 26.0 Å². The van der Waals surface area contributed by atoms with Gasteiger partial charge in [-0.3, -0.25) is 4.72 Å². The Bertz CT molecular complexity index is 597. The minimum absolute atomic E-state index is 0.131. The van der Waals surface area contributed by atoms with Crippen LogP contribution in [0.5, 0.6) is 0 Å². The van der Waals surface area contributed by atoms with E-state index in [4.69, 9.17) is 8.94 Å². The molecule has 0 fully saturated rings. The number of aromatic nitrogens is 1. The largest absolute Gasteiger partial charge is 0.448 e. The molecule has 0 spiro atoms.